The van der Waals surface area contributed by atoms with Crippen LogP contribution in [0.4, 0.5) is 5.69 Å². The monoisotopic (exact) mass is 271 g/mol. The van der Waals surface area contributed by atoms with Crippen LogP contribution in [0.3, 0.4) is 0 Å². The van der Waals surface area contributed by atoms with Crippen LogP contribution in [0.15, 0.2) is 40.8 Å². The van der Waals surface area contributed by atoms with Gasteiger partial charge in [0.15, 0.2) is 0 Å². The van der Waals surface area contributed by atoms with Gasteiger partial charge in [-0.3, -0.25) is 10.1 Å². The number of hydrogen-bond donors (Lipinski definition) is 0. The molecule has 0 amide bonds. The zero-order valence-corrected chi connectivity index (χ0v) is 10.5. The van der Waals surface area contributed by atoms with Crippen LogP contribution in [0.25, 0.3) is 21.9 Å². The molecule has 0 aliphatic carbocycles. The van der Waals surface area contributed by atoms with Crippen LogP contribution < -0.4 is 0 Å². The molecule has 0 bridgehead atoms. The largest absolute Gasteiger partial charge is 0.465 e. The molecule has 1 heterocycles. The molecule has 0 spiro atoms. The highest BCUT2D eigenvalue weighted by molar-refractivity contribution is 6.09. The number of para-hydroxylation sites is 1. The summed E-state index contributed by atoms with van der Waals surface area (Å²) in [6.45, 7) is 0. The van der Waals surface area contributed by atoms with Crippen molar-refractivity contribution in [3.05, 3.63) is 52.1 Å². The molecule has 20 heavy (non-hydrogen) atoms. The Morgan fingerprint density at radius 2 is 1.95 bits per heavy atom. The van der Waals surface area contributed by atoms with E-state index in [2.05, 4.69) is 4.74 Å². The number of methoxy groups -OCH3 is 1. The normalized spacial score (nSPS) is 10.8. The van der Waals surface area contributed by atoms with Gasteiger partial charge in [0, 0.05) is 22.9 Å². The molecule has 0 saturated heterocycles. The van der Waals surface area contributed by atoms with Gasteiger partial charge in [-0.05, 0) is 6.07 Å². The van der Waals surface area contributed by atoms with E-state index in [1.807, 2.05) is 12.1 Å². The molecule has 0 N–H and O–H groups in total. The van der Waals surface area contributed by atoms with E-state index in [-0.39, 0.29) is 11.3 Å². The number of nitrogens with zero attached hydrogens (tertiary/aromatic N) is 1. The summed E-state index contributed by atoms with van der Waals surface area (Å²) >= 11 is 0. The fraction of sp³-hybridized carbons (Fsp3) is 0.0714. The van der Waals surface area contributed by atoms with Gasteiger partial charge in [-0.25, -0.2) is 4.79 Å². The van der Waals surface area contributed by atoms with Crippen LogP contribution >= 0.6 is 0 Å². The minimum Gasteiger partial charge on any atom is -0.465 e. The average Bonchev–Trinajstić information content (AvgIpc) is 2.82. The highest BCUT2D eigenvalue weighted by atomic mass is 16.6. The summed E-state index contributed by atoms with van der Waals surface area (Å²) in [7, 11) is 1.18. The van der Waals surface area contributed by atoms with Gasteiger partial charge in [0.1, 0.15) is 16.7 Å². The van der Waals surface area contributed by atoms with Crippen molar-refractivity contribution in [3.8, 4) is 0 Å². The second kappa shape index (κ2) is 4.34. The van der Waals surface area contributed by atoms with E-state index in [0.29, 0.717) is 16.6 Å². The minimum absolute atomic E-state index is 0.121. The summed E-state index contributed by atoms with van der Waals surface area (Å²) in [5.74, 6) is -0.765. The molecule has 1 aromatic heterocycles. The quantitative estimate of drug-likeness (QED) is 0.405. The first-order chi connectivity index (χ1) is 9.61. The number of fused-ring (bicyclic) bond motifs is 3. The topological polar surface area (TPSA) is 82.6 Å². The van der Waals surface area contributed by atoms with Gasteiger partial charge in [0.05, 0.1) is 12.0 Å². The summed E-state index contributed by atoms with van der Waals surface area (Å²) < 4.78 is 10.2. The third-order valence-electron chi connectivity index (χ3n) is 3.10. The van der Waals surface area contributed by atoms with Crippen LogP contribution in [-0.4, -0.2) is 18.0 Å². The number of hydrogen-bond acceptors (Lipinski definition) is 5. The lowest BCUT2D eigenvalue weighted by atomic mass is 10.1. The molecule has 100 valence electrons. The molecule has 3 rings (SSSR count). The molecule has 0 fully saturated rings. The molecule has 0 saturated carbocycles. The molecule has 0 aliphatic rings. The Kier molecular flexibility index (Phi) is 2.64. The number of carbonyl (C=O) groups excluding carboxylic acids is 1. The van der Waals surface area contributed by atoms with Crippen LogP contribution in [0.1, 0.15) is 10.4 Å². The zero-order valence-electron chi connectivity index (χ0n) is 10.5. The Hall–Kier alpha value is -2.89. The maximum absolute atomic E-state index is 11.6. The number of rotatable bonds is 2. The molecule has 0 radical (unpaired) electrons. The first-order valence-electron chi connectivity index (χ1n) is 5.80. The van der Waals surface area contributed by atoms with Crippen LogP contribution in [0, 0.1) is 10.1 Å². The first-order valence-corrected chi connectivity index (χ1v) is 5.80. The maximum Gasteiger partial charge on any atom is 0.345 e. The van der Waals surface area contributed by atoms with E-state index < -0.39 is 10.9 Å². The zero-order chi connectivity index (χ0) is 14.3. The summed E-state index contributed by atoms with van der Waals surface area (Å²) in [5, 5.41) is 12.5. The molecule has 6 nitrogen and oxygen atoms in total. The van der Waals surface area contributed by atoms with Gasteiger partial charge in [-0.2, -0.15) is 0 Å². The molecular weight excluding hydrogens is 262 g/mol. The van der Waals surface area contributed by atoms with Gasteiger partial charge in [0.2, 0.25) is 0 Å². The molecule has 2 aromatic carbocycles. The molecule has 0 aliphatic heterocycles. The van der Waals surface area contributed by atoms with E-state index >= 15 is 0 Å². The number of carbonyl (C=O) groups is 1. The van der Waals surface area contributed by atoms with Gasteiger partial charge < -0.3 is 9.15 Å². The molecular formula is C14H9NO5. The minimum atomic E-state index is -0.765. The second-order valence-corrected chi connectivity index (χ2v) is 4.21. The van der Waals surface area contributed by atoms with Crippen molar-refractivity contribution >= 4 is 33.6 Å². The average molecular weight is 271 g/mol. The van der Waals surface area contributed by atoms with Crippen LogP contribution in [-0.2, 0) is 4.74 Å². The Bertz CT molecular complexity index is 849. The molecule has 0 atom stereocenters. The summed E-state index contributed by atoms with van der Waals surface area (Å²) in [6.07, 6.45) is 0. The first kappa shape index (κ1) is 12.2. The fourth-order valence-corrected chi connectivity index (χ4v) is 2.18. The number of benzene rings is 2. The predicted octanol–water partition coefficient (Wildman–Crippen LogP) is 3.28. The lowest BCUT2D eigenvalue weighted by molar-refractivity contribution is -0.385. The third kappa shape index (κ3) is 1.70. The van der Waals surface area contributed by atoms with E-state index in [1.165, 1.54) is 19.2 Å². The lowest BCUT2D eigenvalue weighted by Crippen LogP contribution is -2.05. The van der Waals surface area contributed by atoms with Crippen molar-refractivity contribution in [2.75, 3.05) is 7.11 Å². The Labute approximate surface area is 112 Å². The summed E-state index contributed by atoms with van der Waals surface area (Å²) in [6, 6.07) is 9.88. The van der Waals surface area contributed by atoms with Crippen molar-refractivity contribution < 1.29 is 18.9 Å². The molecule has 6 heteroatoms. The van der Waals surface area contributed by atoms with E-state index in [4.69, 9.17) is 4.42 Å². The predicted molar refractivity (Wildman–Crippen MR) is 71.7 cm³/mol. The van der Waals surface area contributed by atoms with E-state index in [9.17, 15) is 14.9 Å². The molecule has 0 unspecified atom stereocenters. The summed E-state index contributed by atoms with van der Waals surface area (Å²) in [4.78, 5) is 22.1. The van der Waals surface area contributed by atoms with Crippen molar-refractivity contribution in [1.82, 2.24) is 0 Å². The van der Waals surface area contributed by atoms with Crippen LogP contribution in [0.5, 0.6) is 0 Å². The van der Waals surface area contributed by atoms with Gasteiger partial charge in [-0.15, -0.1) is 0 Å². The number of esters is 1. The second-order valence-electron chi connectivity index (χ2n) is 4.21. The highest BCUT2D eigenvalue weighted by Crippen LogP contribution is 2.33. The number of ether oxygens (including phenoxy) is 1. The summed E-state index contributed by atoms with van der Waals surface area (Å²) in [5.41, 5.74) is 0.607. The van der Waals surface area contributed by atoms with Crippen molar-refractivity contribution in [2.24, 2.45) is 0 Å². The van der Waals surface area contributed by atoms with Gasteiger partial charge in [0.25, 0.3) is 5.69 Å². The smallest absolute Gasteiger partial charge is 0.345 e. The number of nitro benzene ring substituents is 1. The Morgan fingerprint density at radius 1 is 1.20 bits per heavy atom. The highest BCUT2D eigenvalue weighted by Gasteiger charge is 2.24. The molecule has 3 aromatic rings. The maximum atomic E-state index is 11.6. The fourth-order valence-electron chi connectivity index (χ4n) is 2.18. The van der Waals surface area contributed by atoms with Gasteiger partial charge >= 0.3 is 5.97 Å². The van der Waals surface area contributed by atoms with Crippen molar-refractivity contribution in [3.63, 3.8) is 0 Å². The lowest BCUT2D eigenvalue weighted by Gasteiger charge is -2.00. The third-order valence-corrected chi connectivity index (χ3v) is 3.10. The van der Waals surface area contributed by atoms with Crippen molar-refractivity contribution in [1.29, 1.82) is 0 Å². The SMILES string of the molecule is COC(=O)c1cc2oc3ccccc3c2cc1[N+](=O)[O-]. The Morgan fingerprint density at radius 3 is 2.65 bits per heavy atom. The van der Waals surface area contributed by atoms with Gasteiger partial charge in [-0.1, -0.05) is 18.2 Å². The van der Waals surface area contributed by atoms with Crippen molar-refractivity contribution in [2.45, 2.75) is 0 Å². The van der Waals surface area contributed by atoms with Crippen LogP contribution in [0.2, 0.25) is 0 Å². The van der Waals surface area contributed by atoms with E-state index in [1.54, 1.807) is 12.1 Å². The number of furan rings is 1. The number of nitro groups is 1. The Balaban J connectivity index is 2.41. The van der Waals surface area contributed by atoms with E-state index in [0.717, 1.165) is 5.39 Å². The standard InChI is InChI=1S/C14H9NO5/c1-19-14(16)10-7-13-9(6-11(10)15(17)18)8-4-2-3-5-12(8)20-13/h2-7H,1H3.